The molecule has 0 amide bonds. The van der Waals surface area contributed by atoms with E-state index in [-0.39, 0.29) is 5.89 Å². The van der Waals surface area contributed by atoms with Crippen molar-refractivity contribution in [1.29, 1.82) is 0 Å². The van der Waals surface area contributed by atoms with Crippen LogP contribution in [0, 0.1) is 0 Å². The van der Waals surface area contributed by atoms with E-state index in [1.165, 1.54) is 0 Å². The summed E-state index contributed by atoms with van der Waals surface area (Å²) in [5, 5.41) is 7.54. The van der Waals surface area contributed by atoms with Crippen LogP contribution in [0.1, 0.15) is 17.9 Å². The zero-order valence-corrected chi connectivity index (χ0v) is 12.5. The molecule has 4 nitrogen and oxygen atoms in total. The van der Waals surface area contributed by atoms with Gasteiger partial charge in [-0.05, 0) is 42.0 Å². The fourth-order valence-corrected chi connectivity index (χ4v) is 2.01. The van der Waals surface area contributed by atoms with Crippen LogP contribution in [0.4, 0.5) is 8.78 Å². The molecule has 2 aromatic carbocycles. The van der Waals surface area contributed by atoms with E-state index in [9.17, 15) is 8.78 Å². The maximum absolute atomic E-state index is 12.4. The molecule has 0 spiro atoms. The van der Waals surface area contributed by atoms with Crippen LogP contribution in [0.5, 0.6) is 5.75 Å². The lowest BCUT2D eigenvalue weighted by Crippen LogP contribution is -1.95. The van der Waals surface area contributed by atoms with E-state index < -0.39 is 12.3 Å². The van der Waals surface area contributed by atoms with Gasteiger partial charge in [0.1, 0.15) is 12.4 Å². The minimum atomic E-state index is -2.77. The predicted octanol–water partition coefficient (Wildman–Crippen LogP) is 4.91. The molecule has 0 radical (unpaired) electrons. The Morgan fingerprint density at radius 2 is 1.70 bits per heavy atom. The number of nitrogens with zero attached hydrogens (tertiary/aromatic N) is 2. The number of rotatable bonds is 5. The zero-order chi connectivity index (χ0) is 16.2. The molecule has 0 saturated heterocycles. The first-order valence-electron chi connectivity index (χ1n) is 6.71. The number of halogens is 3. The first kappa shape index (κ1) is 15.4. The molecule has 0 aliphatic carbocycles. The number of ether oxygens (including phenoxy) is 1. The van der Waals surface area contributed by atoms with Crippen LogP contribution in [0.3, 0.4) is 0 Å². The summed E-state index contributed by atoms with van der Waals surface area (Å²) in [6, 6.07) is 14.1. The van der Waals surface area contributed by atoms with Crippen molar-refractivity contribution < 1.29 is 17.9 Å². The Bertz CT molecular complexity index is 774. The summed E-state index contributed by atoms with van der Waals surface area (Å²) in [6.45, 7) is 0.369. The number of alkyl halides is 2. The van der Waals surface area contributed by atoms with Gasteiger partial charge in [0.15, 0.2) is 0 Å². The van der Waals surface area contributed by atoms with Gasteiger partial charge >= 0.3 is 6.43 Å². The first-order valence-corrected chi connectivity index (χ1v) is 7.09. The monoisotopic (exact) mass is 336 g/mol. The van der Waals surface area contributed by atoms with Gasteiger partial charge in [-0.2, -0.15) is 8.78 Å². The first-order chi connectivity index (χ1) is 11.1. The Kier molecular flexibility index (Phi) is 4.52. The van der Waals surface area contributed by atoms with E-state index in [2.05, 4.69) is 10.2 Å². The average Bonchev–Trinajstić information content (AvgIpc) is 3.05. The van der Waals surface area contributed by atoms with Gasteiger partial charge in [-0.25, -0.2) is 0 Å². The molecule has 0 aliphatic heterocycles. The maximum Gasteiger partial charge on any atom is 0.314 e. The number of aromatic nitrogens is 2. The largest absolute Gasteiger partial charge is 0.489 e. The highest BCUT2D eigenvalue weighted by Crippen LogP contribution is 2.24. The molecule has 1 heterocycles. The molecule has 118 valence electrons. The molecule has 0 N–H and O–H groups in total. The summed E-state index contributed by atoms with van der Waals surface area (Å²) in [5.41, 5.74) is 1.48. The molecule has 0 fully saturated rings. The Morgan fingerprint density at radius 1 is 1.00 bits per heavy atom. The SMILES string of the molecule is FC(F)c1nnc(-c2ccc(COc3ccc(Cl)cc3)cc2)o1. The second-order valence-corrected chi connectivity index (χ2v) is 5.12. The van der Waals surface area contributed by atoms with Crippen molar-refractivity contribution in [3.8, 4) is 17.2 Å². The van der Waals surface area contributed by atoms with Crippen LogP contribution in [0.2, 0.25) is 5.02 Å². The molecule has 3 aromatic rings. The van der Waals surface area contributed by atoms with E-state index in [1.807, 2.05) is 0 Å². The summed E-state index contributed by atoms with van der Waals surface area (Å²) < 4.78 is 35.4. The summed E-state index contributed by atoms with van der Waals surface area (Å²) in [4.78, 5) is 0. The fourth-order valence-electron chi connectivity index (χ4n) is 1.88. The Labute approximate surface area is 135 Å². The topological polar surface area (TPSA) is 48.2 Å². The minimum Gasteiger partial charge on any atom is -0.489 e. The van der Waals surface area contributed by atoms with E-state index in [4.69, 9.17) is 20.8 Å². The van der Waals surface area contributed by atoms with Crippen LogP contribution in [0.25, 0.3) is 11.5 Å². The molecular formula is C16H11ClF2N2O2. The second-order valence-electron chi connectivity index (χ2n) is 4.69. The molecule has 0 saturated carbocycles. The predicted molar refractivity (Wildman–Crippen MR) is 80.5 cm³/mol. The molecule has 0 atom stereocenters. The van der Waals surface area contributed by atoms with Crippen molar-refractivity contribution in [1.82, 2.24) is 10.2 Å². The van der Waals surface area contributed by atoms with Crippen LogP contribution >= 0.6 is 11.6 Å². The normalized spacial score (nSPS) is 11.0. The lowest BCUT2D eigenvalue weighted by molar-refractivity contribution is 0.116. The van der Waals surface area contributed by atoms with Crippen molar-refractivity contribution in [3.05, 3.63) is 65.0 Å². The average molecular weight is 337 g/mol. The third-order valence-electron chi connectivity index (χ3n) is 3.05. The lowest BCUT2D eigenvalue weighted by Gasteiger charge is -2.06. The van der Waals surface area contributed by atoms with Gasteiger partial charge in [0, 0.05) is 10.6 Å². The quantitative estimate of drug-likeness (QED) is 0.664. The van der Waals surface area contributed by atoms with Crippen LogP contribution < -0.4 is 4.74 Å². The Morgan fingerprint density at radius 3 is 2.30 bits per heavy atom. The number of hydrogen-bond acceptors (Lipinski definition) is 4. The molecule has 0 bridgehead atoms. The van der Waals surface area contributed by atoms with Crippen molar-refractivity contribution in [2.24, 2.45) is 0 Å². The number of benzene rings is 2. The van der Waals surface area contributed by atoms with Crippen molar-refractivity contribution in [2.75, 3.05) is 0 Å². The lowest BCUT2D eigenvalue weighted by atomic mass is 10.1. The smallest absolute Gasteiger partial charge is 0.314 e. The minimum absolute atomic E-state index is 0.0606. The Hall–Kier alpha value is -2.47. The van der Waals surface area contributed by atoms with Gasteiger partial charge in [-0.15, -0.1) is 10.2 Å². The summed E-state index contributed by atoms with van der Waals surface area (Å²) in [5.74, 6) is 0.0811. The van der Waals surface area contributed by atoms with Gasteiger partial charge in [0.2, 0.25) is 5.89 Å². The molecule has 0 unspecified atom stereocenters. The molecule has 0 aliphatic rings. The Balaban J connectivity index is 1.65. The molecule has 1 aromatic heterocycles. The van der Waals surface area contributed by atoms with Crippen molar-refractivity contribution in [2.45, 2.75) is 13.0 Å². The third kappa shape index (κ3) is 3.84. The van der Waals surface area contributed by atoms with Crippen LogP contribution in [0.15, 0.2) is 52.9 Å². The van der Waals surface area contributed by atoms with Crippen LogP contribution in [-0.4, -0.2) is 10.2 Å². The summed E-state index contributed by atoms with van der Waals surface area (Å²) in [7, 11) is 0. The molecule has 23 heavy (non-hydrogen) atoms. The summed E-state index contributed by atoms with van der Waals surface area (Å²) >= 11 is 5.80. The zero-order valence-electron chi connectivity index (χ0n) is 11.7. The maximum atomic E-state index is 12.4. The van der Waals surface area contributed by atoms with Gasteiger partial charge in [0.25, 0.3) is 5.89 Å². The fraction of sp³-hybridized carbons (Fsp3) is 0.125. The highest BCUT2D eigenvalue weighted by molar-refractivity contribution is 6.30. The highest BCUT2D eigenvalue weighted by atomic mass is 35.5. The van der Waals surface area contributed by atoms with E-state index in [0.717, 1.165) is 5.56 Å². The van der Waals surface area contributed by atoms with Crippen molar-refractivity contribution in [3.63, 3.8) is 0 Å². The van der Waals surface area contributed by atoms with E-state index in [1.54, 1.807) is 48.5 Å². The van der Waals surface area contributed by atoms with Crippen LogP contribution in [-0.2, 0) is 6.61 Å². The van der Waals surface area contributed by atoms with Gasteiger partial charge in [-0.3, -0.25) is 0 Å². The summed E-state index contributed by atoms with van der Waals surface area (Å²) in [6.07, 6.45) is -2.77. The molecule has 7 heteroatoms. The third-order valence-corrected chi connectivity index (χ3v) is 3.30. The van der Waals surface area contributed by atoms with Gasteiger partial charge in [-0.1, -0.05) is 23.7 Å². The van der Waals surface area contributed by atoms with Gasteiger partial charge < -0.3 is 9.15 Å². The second kappa shape index (κ2) is 6.75. The van der Waals surface area contributed by atoms with E-state index >= 15 is 0 Å². The highest BCUT2D eigenvalue weighted by Gasteiger charge is 2.16. The molecular weight excluding hydrogens is 326 g/mol. The standard InChI is InChI=1S/C16H11ClF2N2O2/c17-12-5-7-13(8-6-12)22-9-10-1-3-11(4-2-10)15-20-21-16(23-15)14(18)19/h1-8,14H,9H2. The number of hydrogen-bond donors (Lipinski definition) is 0. The van der Waals surface area contributed by atoms with Gasteiger partial charge in [0.05, 0.1) is 0 Å². The van der Waals surface area contributed by atoms with Crippen molar-refractivity contribution >= 4 is 11.6 Å². The molecule has 3 rings (SSSR count). The van der Waals surface area contributed by atoms with E-state index in [0.29, 0.717) is 22.9 Å².